The number of hydrogen-bond acceptors (Lipinski definition) is 4. The maximum Gasteiger partial charge on any atom is 0.229 e. The average molecular weight is 140 g/mol. The van der Waals surface area contributed by atoms with Crippen LogP contribution in [-0.4, -0.2) is 15.2 Å². The summed E-state index contributed by atoms with van der Waals surface area (Å²) in [6.45, 7) is -0.129. The quantitative estimate of drug-likeness (QED) is 0.647. The zero-order valence-electron chi connectivity index (χ0n) is 5.45. The molecule has 1 heterocycles. The third-order valence-corrected chi connectivity index (χ3v) is 1.55. The van der Waals surface area contributed by atoms with E-state index in [0.29, 0.717) is 17.6 Å². The van der Waals surface area contributed by atoms with Crippen LogP contribution in [0.3, 0.4) is 0 Å². The second-order valence-electron chi connectivity index (χ2n) is 2.48. The van der Waals surface area contributed by atoms with E-state index in [2.05, 4.69) is 10.1 Å². The summed E-state index contributed by atoms with van der Waals surface area (Å²) < 4.78 is 4.86. The smallest absolute Gasteiger partial charge is 0.229 e. The van der Waals surface area contributed by atoms with Gasteiger partial charge in [-0.25, -0.2) is 0 Å². The van der Waals surface area contributed by atoms with Crippen LogP contribution in [0.1, 0.15) is 30.5 Å². The van der Waals surface area contributed by atoms with Gasteiger partial charge in [-0.2, -0.15) is 4.98 Å². The van der Waals surface area contributed by atoms with Crippen molar-refractivity contribution in [3.05, 3.63) is 11.7 Å². The maximum atomic E-state index is 8.57. The molecule has 1 aromatic rings. The molecule has 0 radical (unpaired) electrons. The lowest BCUT2D eigenvalue weighted by Gasteiger charge is -1.79. The molecule has 1 aliphatic carbocycles. The third-order valence-electron chi connectivity index (χ3n) is 1.55. The van der Waals surface area contributed by atoms with E-state index in [1.165, 1.54) is 0 Å². The van der Waals surface area contributed by atoms with Gasteiger partial charge in [0.2, 0.25) is 5.89 Å². The fourth-order valence-electron chi connectivity index (χ4n) is 0.828. The van der Waals surface area contributed by atoms with E-state index >= 15 is 0 Å². The summed E-state index contributed by atoms with van der Waals surface area (Å²) in [4.78, 5) is 3.96. The van der Waals surface area contributed by atoms with Crippen LogP contribution in [0.2, 0.25) is 0 Å². The van der Waals surface area contributed by atoms with Crippen LogP contribution in [0.5, 0.6) is 0 Å². The van der Waals surface area contributed by atoms with Crippen LogP contribution in [0.15, 0.2) is 4.52 Å². The highest BCUT2D eigenvalue weighted by Gasteiger charge is 2.29. The molecule has 2 rings (SSSR count). The fraction of sp³-hybridized carbons (Fsp3) is 0.667. The SMILES string of the molecule is OCc1noc(C2CC2)n1. The molecule has 4 heteroatoms. The van der Waals surface area contributed by atoms with E-state index in [1.54, 1.807) is 0 Å². The molecule has 1 aliphatic rings. The van der Waals surface area contributed by atoms with Gasteiger partial charge in [-0.05, 0) is 12.8 Å². The summed E-state index contributed by atoms with van der Waals surface area (Å²) in [7, 11) is 0. The summed E-state index contributed by atoms with van der Waals surface area (Å²) >= 11 is 0. The van der Waals surface area contributed by atoms with Gasteiger partial charge in [0.05, 0.1) is 0 Å². The molecule has 0 aliphatic heterocycles. The molecule has 0 aromatic carbocycles. The van der Waals surface area contributed by atoms with Crippen molar-refractivity contribution in [3.63, 3.8) is 0 Å². The predicted octanol–water partition coefficient (Wildman–Crippen LogP) is 0.439. The van der Waals surface area contributed by atoms with Gasteiger partial charge in [0.1, 0.15) is 6.61 Å². The summed E-state index contributed by atoms with van der Waals surface area (Å²) in [5.74, 6) is 1.55. The van der Waals surface area contributed by atoms with E-state index in [-0.39, 0.29) is 6.61 Å². The van der Waals surface area contributed by atoms with Gasteiger partial charge in [-0.1, -0.05) is 5.16 Å². The summed E-state index contributed by atoms with van der Waals surface area (Å²) in [6.07, 6.45) is 2.29. The van der Waals surface area contributed by atoms with Crippen molar-refractivity contribution < 1.29 is 9.63 Å². The molecule has 0 amide bonds. The Bertz CT molecular complexity index is 229. The molecule has 0 saturated heterocycles. The minimum atomic E-state index is -0.129. The van der Waals surface area contributed by atoms with Crippen LogP contribution in [0, 0.1) is 0 Å². The maximum absolute atomic E-state index is 8.57. The molecule has 1 aromatic heterocycles. The van der Waals surface area contributed by atoms with Gasteiger partial charge in [0.15, 0.2) is 5.82 Å². The molecule has 1 N–H and O–H groups in total. The topological polar surface area (TPSA) is 59.2 Å². The van der Waals surface area contributed by atoms with E-state index in [1.807, 2.05) is 0 Å². The largest absolute Gasteiger partial charge is 0.388 e. The normalized spacial score (nSPS) is 17.7. The summed E-state index contributed by atoms with van der Waals surface area (Å²) in [6, 6.07) is 0. The number of aromatic nitrogens is 2. The van der Waals surface area contributed by atoms with Crippen molar-refractivity contribution in [1.29, 1.82) is 0 Å². The minimum Gasteiger partial charge on any atom is -0.388 e. The summed E-state index contributed by atoms with van der Waals surface area (Å²) in [5, 5.41) is 12.1. The first-order valence-electron chi connectivity index (χ1n) is 3.33. The molecule has 1 saturated carbocycles. The van der Waals surface area contributed by atoms with E-state index in [9.17, 15) is 0 Å². The minimum absolute atomic E-state index is 0.129. The molecule has 0 atom stereocenters. The lowest BCUT2D eigenvalue weighted by atomic mass is 10.4. The molecule has 0 spiro atoms. The molecular formula is C6H8N2O2. The highest BCUT2D eigenvalue weighted by atomic mass is 16.5. The monoisotopic (exact) mass is 140 g/mol. The van der Waals surface area contributed by atoms with Gasteiger partial charge in [0.25, 0.3) is 0 Å². The Morgan fingerprint density at radius 2 is 2.40 bits per heavy atom. The van der Waals surface area contributed by atoms with E-state index in [4.69, 9.17) is 9.63 Å². The lowest BCUT2D eigenvalue weighted by molar-refractivity contribution is 0.262. The van der Waals surface area contributed by atoms with E-state index < -0.39 is 0 Å². The average Bonchev–Trinajstić information content (AvgIpc) is 2.70. The Labute approximate surface area is 57.9 Å². The van der Waals surface area contributed by atoms with Crippen molar-refractivity contribution in [2.45, 2.75) is 25.4 Å². The number of rotatable bonds is 2. The van der Waals surface area contributed by atoms with Crippen molar-refractivity contribution >= 4 is 0 Å². The van der Waals surface area contributed by atoms with E-state index in [0.717, 1.165) is 12.8 Å². The molecule has 0 unspecified atom stereocenters. The van der Waals surface area contributed by atoms with Gasteiger partial charge >= 0.3 is 0 Å². The van der Waals surface area contributed by atoms with Crippen molar-refractivity contribution in [2.75, 3.05) is 0 Å². The highest BCUT2D eigenvalue weighted by molar-refractivity contribution is 5.01. The zero-order valence-corrected chi connectivity index (χ0v) is 5.45. The molecular weight excluding hydrogens is 132 g/mol. The Kier molecular flexibility index (Phi) is 1.20. The third kappa shape index (κ3) is 0.903. The number of nitrogens with zero attached hydrogens (tertiary/aromatic N) is 2. The second-order valence-corrected chi connectivity index (χ2v) is 2.48. The first kappa shape index (κ1) is 5.85. The van der Waals surface area contributed by atoms with Gasteiger partial charge in [-0.3, -0.25) is 0 Å². The zero-order chi connectivity index (χ0) is 6.97. The Hall–Kier alpha value is -0.900. The Morgan fingerprint density at radius 3 is 2.90 bits per heavy atom. The standard InChI is InChI=1S/C6H8N2O2/c9-3-5-7-6(10-8-5)4-1-2-4/h4,9H,1-3H2. The number of aliphatic hydroxyl groups is 1. The molecule has 0 bridgehead atoms. The summed E-state index contributed by atoms with van der Waals surface area (Å²) in [5.41, 5.74) is 0. The van der Waals surface area contributed by atoms with Crippen LogP contribution in [-0.2, 0) is 6.61 Å². The van der Waals surface area contributed by atoms with Crippen LogP contribution >= 0.6 is 0 Å². The second kappa shape index (κ2) is 2.05. The number of aliphatic hydroxyl groups excluding tert-OH is 1. The van der Waals surface area contributed by atoms with Crippen LogP contribution in [0.25, 0.3) is 0 Å². The lowest BCUT2D eigenvalue weighted by Crippen LogP contribution is -1.85. The Morgan fingerprint density at radius 1 is 1.60 bits per heavy atom. The molecule has 54 valence electrons. The predicted molar refractivity (Wildman–Crippen MR) is 32.2 cm³/mol. The molecule has 4 nitrogen and oxygen atoms in total. The van der Waals surface area contributed by atoms with Gasteiger partial charge in [0, 0.05) is 5.92 Å². The van der Waals surface area contributed by atoms with Crippen molar-refractivity contribution in [3.8, 4) is 0 Å². The number of hydrogen-bond donors (Lipinski definition) is 1. The van der Waals surface area contributed by atoms with Crippen LogP contribution < -0.4 is 0 Å². The molecule has 10 heavy (non-hydrogen) atoms. The first-order chi connectivity index (χ1) is 4.90. The van der Waals surface area contributed by atoms with Crippen molar-refractivity contribution in [2.24, 2.45) is 0 Å². The fourth-order valence-corrected chi connectivity index (χ4v) is 0.828. The van der Waals surface area contributed by atoms with Gasteiger partial charge < -0.3 is 9.63 Å². The first-order valence-corrected chi connectivity index (χ1v) is 3.33. The van der Waals surface area contributed by atoms with Crippen molar-refractivity contribution in [1.82, 2.24) is 10.1 Å². The highest BCUT2D eigenvalue weighted by Crippen LogP contribution is 2.38. The van der Waals surface area contributed by atoms with Crippen LogP contribution in [0.4, 0.5) is 0 Å². The molecule has 1 fully saturated rings. The van der Waals surface area contributed by atoms with Gasteiger partial charge in [-0.15, -0.1) is 0 Å². The Balaban J connectivity index is 2.19.